The van der Waals surface area contributed by atoms with Crippen LogP contribution in [-0.2, 0) is 4.79 Å². The highest BCUT2D eigenvalue weighted by Gasteiger charge is 2.24. The van der Waals surface area contributed by atoms with Crippen molar-refractivity contribution in [2.45, 2.75) is 32.1 Å². The Balaban J connectivity index is 1.81. The van der Waals surface area contributed by atoms with E-state index in [1.165, 1.54) is 19.2 Å². The van der Waals surface area contributed by atoms with Gasteiger partial charge in [0.05, 0.1) is 7.11 Å². The third-order valence-corrected chi connectivity index (χ3v) is 4.47. The molecule has 2 rings (SSSR count). The lowest BCUT2D eigenvalue weighted by molar-refractivity contribution is -0.129. The first-order chi connectivity index (χ1) is 12.0. The number of methoxy groups -OCH3 is 1. The fourth-order valence-electron chi connectivity index (χ4n) is 3.01. The molecule has 1 aromatic carbocycles. The van der Waals surface area contributed by atoms with Gasteiger partial charge in [-0.3, -0.25) is 10.0 Å². The first-order valence-corrected chi connectivity index (χ1v) is 8.36. The number of piperidine rings is 1. The van der Waals surface area contributed by atoms with Crippen LogP contribution in [0.2, 0.25) is 0 Å². The molecule has 0 atom stereocenters. The van der Waals surface area contributed by atoms with Crippen LogP contribution in [0.4, 0.5) is 14.9 Å². The van der Waals surface area contributed by atoms with Gasteiger partial charge in [0.1, 0.15) is 11.4 Å². The molecule has 1 heterocycles. The van der Waals surface area contributed by atoms with Crippen LogP contribution >= 0.6 is 0 Å². The number of hydrogen-bond donors (Lipinski definition) is 3. The molecule has 0 aliphatic carbocycles. The van der Waals surface area contributed by atoms with Crippen LogP contribution in [0, 0.1) is 11.7 Å². The summed E-state index contributed by atoms with van der Waals surface area (Å²) in [5, 5.41) is 11.0. The average molecular weight is 353 g/mol. The van der Waals surface area contributed by atoms with E-state index in [-0.39, 0.29) is 23.4 Å². The Kier molecular flexibility index (Phi) is 7.00. The van der Waals surface area contributed by atoms with Crippen LogP contribution in [-0.4, -0.2) is 42.2 Å². The molecule has 1 aliphatic rings. The van der Waals surface area contributed by atoms with Crippen molar-refractivity contribution < 1.29 is 23.9 Å². The van der Waals surface area contributed by atoms with Crippen LogP contribution < -0.4 is 15.5 Å². The number of likely N-dealkylation sites (tertiary alicyclic amines) is 1. The molecule has 1 aromatic rings. The fourth-order valence-corrected chi connectivity index (χ4v) is 3.01. The molecule has 1 saturated heterocycles. The van der Waals surface area contributed by atoms with Gasteiger partial charge in [-0.25, -0.2) is 14.7 Å². The molecule has 3 amide bonds. The SMILES string of the molecule is COc1cccc(F)c1NC(=O)N1CCC(CCCC(=O)NO)CC1. The Morgan fingerprint density at radius 3 is 2.72 bits per heavy atom. The lowest BCUT2D eigenvalue weighted by Gasteiger charge is -2.32. The number of rotatable bonds is 6. The summed E-state index contributed by atoms with van der Waals surface area (Å²) in [5.41, 5.74) is 1.67. The third-order valence-electron chi connectivity index (χ3n) is 4.47. The van der Waals surface area contributed by atoms with Gasteiger partial charge in [0, 0.05) is 19.5 Å². The molecule has 138 valence electrons. The number of nitrogens with one attached hydrogen (secondary N) is 2. The quantitative estimate of drug-likeness (QED) is 0.542. The zero-order chi connectivity index (χ0) is 18.2. The van der Waals surface area contributed by atoms with Crippen LogP contribution in [0.5, 0.6) is 5.75 Å². The second-order valence-electron chi connectivity index (χ2n) is 6.10. The third kappa shape index (κ3) is 5.32. The van der Waals surface area contributed by atoms with Gasteiger partial charge in [-0.05, 0) is 43.7 Å². The lowest BCUT2D eigenvalue weighted by Crippen LogP contribution is -2.41. The van der Waals surface area contributed by atoms with E-state index in [9.17, 15) is 14.0 Å². The van der Waals surface area contributed by atoms with Gasteiger partial charge >= 0.3 is 6.03 Å². The van der Waals surface area contributed by atoms with E-state index in [1.54, 1.807) is 16.4 Å². The van der Waals surface area contributed by atoms with E-state index < -0.39 is 5.82 Å². The summed E-state index contributed by atoms with van der Waals surface area (Å²) in [4.78, 5) is 25.0. The van der Waals surface area contributed by atoms with Gasteiger partial charge in [0.25, 0.3) is 0 Å². The maximum absolute atomic E-state index is 13.9. The van der Waals surface area contributed by atoms with Crippen LogP contribution in [0.15, 0.2) is 18.2 Å². The van der Waals surface area contributed by atoms with E-state index in [2.05, 4.69) is 5.32 Å². The number of anilines is 1. The van der Waals surface area contributed by atoms with Gasteiger partial charge in [-0.15, -0.1) is 0 Å². The van der Waals surface area contributed by atoms with Crippen molar-refractivity contribution in [2.24, 2.45) is 5.92 Å². The number of para-hydroxylation sites is 1. The minimum Gasteiger partial charge on any atom is -0.494 e. The van der Waals surface area contributed by atoms with Crippen molar-refractivity contribution in [3.05, 3.63) is 24.0 Å². The smallest absolute Gasteiger partial charge is 0.322 e. The summed E-state index contributed by atoms with van der Waals surface area (Å²) in [7, 11) is 1.42. The molecule has 0 aromatic heterocycles. The van der Waals surface area contributed by atoms with Gasteiger partial charge < -0.3 is 15.0 Å². The molecule has 0 bridgehead atoms. The molecule has 0 saturated carbocycles. The zero-order valence-electron chi connectivity index (χ0n) is 14.3. The number of amides is 3. The van der Waals surface area contributed by atoms with Gasteiger partial charge in [0.15, 0.2) is 5.82 Å². The second-order valence-corrected chi connectivity index (χ2v) is 6.10. The number of urea groups is 1. The highest BCUT2D eigenvalue weighted by Crippen LogP contribution is 2.28. The molecule has 0 spiro atoms. The topological polar surface area (TPSA) is 90.9 Å². The van der Waals surface area contributed by atoms with E-state index >= 15 is 0 Å². The molecule has 1 fully saturated rings. The Labute approximate surface area is 146 Å². The van der Waals surface area contributed by atoms with E-state index in [0.717, 1.165) is 19.3 Å². The van der Waals surface area contributed by atoms with Crippen LogP contribution in [0.25, 0.3) is 0 Å². The number of ether oxygens (including phenoxy) is 1. The normalized spacial score (nSPS) is 14.9. The van der Waals surface area contributed by atoms with E-state index in [4.69, 9.17) is 9.94 Å². The first kappa shape index (κ1) is 19.0. The lowest BCUT2D eigenvalue weighted by atomic mass is 9.91. The fraction of sp³-hybridized carbons (Fsp3) is 0.529. The standard InChI is InChI=1S/C17H24FN3O4/c1-25-14-6-3-5-13(18)16(14)19-17(23)21-10-8-12(9-11-21)4-2-7-15(22)20-24/h3,5-6,12,24H,2,4,7-11H2,1H3,(H,19,23)(H,20,22). The van der Waals surface area contributed by atoms with Crippen LogP contribution in [0.3, 0.4) is 0 Å². The van der Waals surface area contributed by atoms with Crippen molar-refractivity contribution in [1.82, 2.24) is 10.4 Å². The number of hydrogen-bond acceptors (Lipinski definition) is 4. The van der Waals surface area contributed by atoms with Gasteiger partial charge in [-0.1, -0.05) is 6.07 Å². The maximum Gasteiger partial charge on any atom is 0.322 e. The average Bonchev–Trinajstić information content (AvgIpc) is 2.63. The largest absolute Gasteiger partial charge is 0.494 e. The number of hydroxylamine groups is 1. The minimum atomic E-state index is -0.537. The van der Waals surface area contributed by atoms with E-state index in [1.807, 2.05) is 0 Å². The molecular formula is C17H24FN3O4. The Bertz CT molecular complexity index is 604. The summed E-state index contributed by atoms with van der Waals surface area (Å²) < 4.78 is 19.0. The molecule has 0 unspecified atom stereocenters. The Hall–Kier alpha value is -2.35. The number of carbonyl (C=O) groups excluding carboxylic acids is 2. The second kappa shape index (κ2) is 9.22. The number of benzene rings is 1. The maximum atomic E-state index is 13.9. The molecule has 0 radical (unpaired) electrons. The predicted octanol–water partition coefficient (Wildman–Crippen LogP) is 2.75. The molecule has 1 aliphatic heterocycles. The van der Waals surface area contributed by atoms with Crippen molar-refractivity contribution in [3.63, 3.8) is 0 Å². The summed E-state index contributed by atoms with van der Waals surface area (Å²) >= 11 is 0. The van der Waals surface area contributed by atoms with Crippen LogP contribution in [0.1, 0.15) is 32.1 Å². The Morgan fingerprint density at radius 2 is 2.08 bits per heavy atom. The number of nitrogens with zero attached hydrogens (tertiary/aromatic N) is 1. The van der Waals surface area contributed by atoms with Crippen molar-refractivity contribution in [2.75, 3.05) is 25.5 Å². The predicted molar refractivity (Wildman–Crippen MR) is 90.0 cm³/mol. The number of carbonyl (C=O) groups is 2. The highest BCUT2D eigenvalue weighted by atomic mass is 19.1. The minimum absolute atomic E-state index is 0.0483. The summed E-state index contributed by atoms with van der Waals surface area (Å²) in [6, 6.07) is 4.04. The van der Waals surface area contributed by atoms with Gasteiger partial charge in [0.2, 0.25) is 5.91 Å². The monoisotopic (exact) mass is 353 g/mol. The summed E-state index contributed by atoms with van der Waals surface area (Å²) in [6.07, 6.45) is 3.55. The van der Waals surface area contributed by atoms with Crippen molar-refractivity contribution >= 4 is 17.6 Å². The van der Waals surface area contributed by atoms with E-state index in [0.29, 0.717) is 31.8 Å². The molecule has 8 heteroatoms. The zero-order valence-corrected chi connectivity index (χ0v) is 14.3. The highest BCUT2D eigenvalue weighted by molar-refractivity contribution is 5.91. The molecular weight excluding hydrogens is 329 g/mol. The van der Waals surface area contributed by atoms with Gasteiger partial charge in [-0.2, -0.15) is 0 Å². The molecule has 25 heavy (non-hydrogen) atoms. The van der Waals surface area contributed by atoms with Crippen molar-refractivity contribution in [1.29, 1.82) is 0 Å². The van der Waals surface area contributed by atoms with Crippen molar-refractivity contribution in [3.8, 4) is 5.75 Å². The molecule has 7 nitrogen and oxygen atoms in total. The Morgan fingerprint density at radius 1 is 1.36 bits per heavy atom. The number of halogens is 1. The molecule has 3 N–H and O–H groups in total. The summed E-state index contributed by atoms with van der Waals surface area (Å²) in [5.74, 6) is -0.190. The first-order valence-electron chi connectivity index (χ1n) is 8.36. The summed E-state index contributed by atoms with van der Waals surface area (Å²) in [6.45, 7) is 1.17.